The zero-order chi connectivity index (χ0) is 21.3. The Morgan fingerprint density at radius 1 is 1.07 bits per heavy atom. The number of unbranched alkanes of at least 4 members (excludes halogenated alkanes) is 1. The van der Waals surface area contributed by atoms with Gasteiger partial charge in [0.15, 0.2) is 11.0 Å². The van der Waals surface area contributed by atoms with Gasteiger partial charge in [-0.2, -0.15) is 0 Å². The van der Waals surface area contributed by atoms with E-state index in [1.807, 2.05) is 72.2 Å². The number of nitrogens with one attached hydrogen (secondary N) is 1. The molecule has 2 aromatic carbocycles. The van der Waals surface area contributed by atoms with Gasteiger partial charge in [0.1, 0.15) is 6.04 Å². The van der Waals surface area contributed by atoms with E-state index in [0.29, 0.717) is 17.4 Å². The second kappa shape index (κ2) is 10.6. The summed E-state index contributed by atoms with van der Waals surface area (Å²) in [5, 5.41) is 21.1. The largest absolute Gasteiger partial charge is 0.480 e. The van der Waals surface area contributed by atoms with Crippen LogP contribution in [-0.2, 0) is 9.59 Å². The van der Waals surface area contributed by atoms with Crippen LogP contribution in [0, 0.1) is 0 Å². The molecule has 3 rings (SSSR count). The number of para-hydroxylation sites is 1. The van der Waals surface area contributed by atoms with Crippen LogP contribution in [-0.4, -0.2) is 43.5 Å². The third-order valence-electron chi connectivity index (χ3n) is 4.49. The first-order chi connectivity index (χ1) is 14.6. The predicted molar refractivity (Wildman–Crippen MR) is 117 cm³/mol. The van der Waals surface area contributed by atoms with Gasteiger partial charge in [0.25, 0.3) is 0 Å². The van der Waals surface area contributed by atoms with Crippen molar-refractivity contribution in [2.75, 3.05) is 5.75 Å². The molecule has 0 fully saturated rings. The van der Waals surface area contributed by atoms with Crippen molar-refractivity contribution in [2.24, 2.45) is 0 Å². The summed E-state index contributed by atoms with van der Waals surface area (Å²) in [5.74, 6) is -0.626. The summed E-state index contributed by atoms with van der Waals surface area (Å²) in [6.45, 7) is 1.98. The molecule has 156 valence electrons. The molecule has 7 nitrogen and oxygen atoms in total. The van der Waals surface area contributed by atoms with Gasteiger partial charge >= 0.3 is 5.97 Å². The van der Waals surface area contributed by atoms with Crippen LogP contribution >= 0.6 is 11.8 Å². The molecule has 1 unspecified atom stereocenters. The molecule has 8 heteroatoms. The summed E-state index contributed by atoms with van der Waals surface area (Å²) in [6.07, 6.45) is 2.03. The molecule has 30 heavy (non-hydrogen) atoms. The monoisotopic (exact) mass is 424 g/mol. The van der Waals surface area contributed by atoms with Crippen molar-refractivity contribution in [3.8, 4) is 17.1 Å². The summed E-state index contributed by atoms with van der Waals surface area (Å²) >= 11 is 1.23. The summed E-state index contributed by atoms with van der Waals surface area (Å²) in [4.78, 5) is 23.7. The van der Waals surface area contributed by atoms with E-state index in [9.17, 15) is 14.7 Å². The van der Waals surface area contributed by atoms with Crippen molar-refractivity contribution in [2.45, 2.75) is 37.4 Å². The molecule has 0 radical (unpaired) electrons. The van der Waals surface area contributed by atoms with Crippen molar-refractivity contribution in [1.29, 1.82) is 0 Å². The zero-order valence-corrected chi connectivity index (χ0v) is 17.5. The lowest BCUT2D eigenvalue weighted by molar-refractivity contribution is -0.141. The molecule has 1 heterocycles. The number of aliphatic carboxylic acids is 1. The van der Waals surface area contributed by atoms with Crippen LogP contribution in [0.3, 0.4) is 0 Å². The number of benzene rings is 2. The lowest BCUT2D eigenvalue weighted by Crippen LogP contribution is -2.41. The Hall–Kier alpha value is -3.13. The van der Waals surface area contributed by atoms with E-state index in [-0.39, 0.29) is 11.7 Å². The normalized spacial score (nSPS) is 11.8. The van der Waals surface area contributed by atoms with Crippen LogP contribution in [0.15, 0.2) is 65.8 Å². The quantitative estimate of drug-likeness (QED) is 0.481. The number of carboxylic acids is 1. The molecule has 0 bridgehead atoms. The average Bonchev–Trinajstić information content (AvgIpc) is 3.20. The molecule has 0 spiro atoms. The Morgan fingerprint density at radius 2 is 1.73 bits per heavy atom. The Morgan fingerprint density at radius 3 is 2.37 bits per heavy atom. The topological polar surface area (TPSA) is 97.1 Å². The van der Waals surface area contributed by atoms with Crippen LogP contribution in [0.2, 0.25) is 0 Å². The zero-order valence-electron chi connectivity index (χ0n) is 16.7. The number of carbonyl (C=O) groups is 2. The highest BCUT2D eigenvalue weighted by atomic mass is 32.2. The lowest BCUT2D eigenvalue weighted by Gasteiger charge is -2.14. The van der Waals surface area contributed by atoms with E-state index in [1.54, 1.807) is 0 Å². The fraction of sp³-hybridized carbons (Fsp3) is 0.273. The Balaban J connectivity index is 1.79. The molecule has 0 aliphatic rings. The van der Waals surface area contributed by atoms with Crippen molar-refractivity contribution >= 4 is 23.6 Å². The van der Waals surface area contributed by atoms with Crippen LogP contribution in [0.1, 0.15) is 26.2 Å². The first-order valence-electron chi connectivity index (χ1n) is 9.81. The maximum absolute atomic E-state index is 12.4. The van der Waals surface area contributed by atoms with Crippen LogP contribution in [0.5, 0.6) is 0 Å². The third-order valence-corrected chi connectivity index (χ3v) is 5.42. The van der Waals surface area contributed by atoms with Crippen molar-refractivity contribution in [1.82, 2.24) is 20.1 Å². The molecular weight excluding hydrogens is 400 g/mol. The van der Waals surface area contributed by atoms with E-state index in [2.05, 4.69) is 15.5 Å². The van der Waals surface area contributed by atoms with Gasteiger partial charge in [-0.15, -0.1) is 10.2 Å². The van der Waals surface area contributed by atoms with Gasteiger partial charge in [-0.05, 0) is 18.6 Å². The van der Waals surface area contributed by atoms with E-state index < -0.39 is 12.0 Å². The molecule has 0 aliphatic heterocycles. The van der Waals surface area contributed by atoms with Crippen molar-refractivity contribution < 1.29 is 14.7 Å². The minimum Gasteiger partial charge on any atom is -0.480 e. The standard InChI is InChI=1S/C22H24N4O3S/c1-2-3-14-18(21(28)29)23-19(27)15-30-22-25-24-20(16-10-6-4-7-11-16)26(22)17-12-8-5-9-13-17/h4-13,18H,2-3,14-15H2,1H3,(H,23,27)(H,28,29). The summed E-state index contributed by atoms with van der Waals surface area (Å²) in [5.41, 5.74) is 1.80. The Labute approximate surface area is 179 Å². The summed E-state index contributed by atoms with van der Waals surface area (Å²) < 4.78 is 1.90. The highest BCUT2D eigenvalue weighted by Gasteiger charge is 2.21. The number of hydrogen-bond acceptors (Lipinski definition) is 5. The average molecular weight is 425 g/mol. The second-order valence-electron chi connectivity index (χ2n) is 6.73. The first kappa shape index (κ1) is 21.6. The number of rotatable bonds is 10. The molecule has 1 aromatic heterocycles. The number of carbonyl (C=O) groups excluding carboxylic acids is 1. The first-order valence-corrected chi connectivity index (χ1v) is 10.8. The molecule has 3 aromatic rings. The molecule has 0 saturated carbocycles. The van der Waals surface area contributed by atoms with Crippen LogP contribution in [0.4, 0.5) is 0 Å². The Bertz CT molecular complexity index is 977. The van der Waals surface area contributed by atoms with E-state index in [0.717, 1.165) is 24.1 Å². The molecule has 1 atom stereocenters. The van der Waals surface area contributed by atoms with Crippen molar-refractivity contribution in [3.05, 3.63) is 60.7 Å². The fourth-order valence-corrected chi connectivity index (χ4v) is 3.74. The van der Waals surface area contributed by atoms with E-state index in [1.165, 1.54) is 11.8 Å². The molecular formula is C22H24N4O3S. The summed E-state index contributed by atoms with van der Waals surface area (Å²) in [7, 11) is 0. The SMILES string of the molecule is CCCCC(NC(=O)CSc1nnc(-c2ccccc2)n1-c1ccccc1)C(=O)O. The van der Waals surface area contributed by atoms with Gasteiger partial charge in [0, 0.05) is 11.3 Å². The maximum Gasteiger partial charge on any atom is 0.326 e. The number of nitrogens with zero attached hydrogens (tertiary/aromatic N) is 3. The number of amides is 1. The van der Waals surface area contributed by atoms with Gasteiger partial charge in [0.05, 0.1) is 5.75 Å². The highest BCUT2D eigenvalue weighted by molar-refractivity contribution is 7.99. The smallest absolute Gasteiger partial charge is 0.326 e. The molecule has 2 N–H and O–H groups in total. The van der Waals surface area contributed by atoms with Gasteiger partial charge in [-0.25, -0.2) is 4.79 Å². The minimum atomic E-state index is -1.01. The van der Waals surface area contributed by atoms with E-state index in [4.69, 9.17) is 0 Å². The molecule has 0 aliphatic carbocycles. The second-order valence-corrected chi connectivity index (χ2v) is 7.67. The third kappa shape index (κ3) is 5.48. The number of hydrogen-bond donors (Lipinski definition) is 2. The molecule has 1 amide bonds. The number of carboxylic acid groups (broad SMARTS) is 1. The predicted octanol–water partition coefficient (Wildman–Crippen LogP) is 3.79. The van der Waals surface area contributed by atoms with Gasteiger partial charge < -0.3 is 10.4 Å². The Kier molecular flexibility index (Phi) is 7.62. The van der Waals surface area contributed by atoms with Gasteiger partial charge in [0.2, 0.25) is 5.91 Å². The lowest BCUT2D eigenvalue weighted by atomic mass is 10.1. The van der Waals surface area contributed by atoms with Crippen LogP contribution < -0.4 is 5.32 Å². The maximum atomic E-state index is 12.4. The molecule has 0 saturated heterocycles. The van der Waals surface area contributed by atoms with Crippen molar-refractivity contribution in [3.63, 3.8) is 0 Å². The number of thioether (sulfide) groups is 1. The fourth-order valence-electron chi connectivity index (χ4n) is 2.98. The van der Waals surface area contributed by atoms with Gasteiger partial charge in [-0.1, -0.05) is 80.1 Å². The number of aromatic nitrogens is 3. The van der Waals surface area contributed by atoms with Gasteiger partial charge in [-0.3, -0.25) is 9.36 Å². The summed E-state index contributed by atoms with van der Waals surface area (Å²) in [6, 6.07) is 18.5. The van der Waals surface area contributed by atoms with Crippen LogP contribution in [0.25, 0.3) is 17.1 Å². The highest BCUT2D eigenvalue weighted by Crippen LogP contribution is 2.27. The van der Waals surface area contributed by atoms with E-state index >= 15 is 0 Å². The minimum absolute atomic E-state index is 0.0513.